The first-order valence-corrected chi connectivity index (χ1v) is 9.31. The molecule has 2 fully saturated rings. The Balaban J connectivity index is 1.42. The topological polar surface area (TPSA) is 36.4 Å². The highest BCUT2D eigenvalue weighted by atomic mass is 19.1. The van der Waals surface area contributed by atoms with Crippen molar-refractivity contribution in [2.24, 2.45) is 5.41 Å². The van der Waals surface area contributed by atoms with Crippen LogP contribution in [0.25, 0.3) is 0 Å². The molecule has 1 atom stereocenters. The lowest BCUT2D eigenvalue weighted by atomic mass is 9.79. The number of carbonyl (C=O) groups excluding carboxylic acids is 1. The zero-order valence-electron chi connectivity index (χ0n) is 14.9. The van der Waals surface area contributed by atoms with Gasteiger partial charge in [-0.2, -0.15) is 0 Å². The third-order valence-electron chi connectivity index (χ3n) is 5.70. The third kappa shape index (κ3) is 3.57. The van der Waals surface area contributed by atoms with Crippen molar-refractivity contribution in [2.75, 3.05) is 31.1 Å². The normalized spacial score (nSPS) is 22.8. The molecule has 1 aromatic heterocycles. The second-order valence-electron chi connectivity index (χ2n) is 7.61. The number of halogens is 1. The van der Waals surface area contributed by atoms with Gasteiger partial charge in [0.05, 0.1) is 6.42 Å². The summed E-state index contributed by atoms with van der Waals surface area (Å²) in [4.78, 5) is 21.1. The van der Waals surface area contributed by atoms with E-state index in [1.807, 2.05) is 23.1 Å². The molecule has 2 aliphatic heterocycles. The number of likely N-dealkylation sites (tertiary alicyclic amines) is 1. The Kier molecular flexibility index (Phi) is 4.62. The van der Waals surface area contributed by atoms with Crippen LogP contribution in [0.3, 0.4) is 0 Å². The Hall–Kier alpha value is -2.43. The van der Waals surface area contributed by atoms with Gasteiger partial charge in [-0.1, -0.05) is 12.1 Å². The number of amides is 1. The van der Waals surface area contributed by atoms with E-state index in [9.17, 15) is 9.18 Å². The molecule has 0 unspecified atom stereocenters. The van der Waals surface area contributed by atoms with Crippen molar-refractivity contribution in [2.45, 2.75) is 25.7 Å². The van der Waals surface area contributed by atoms with Crippen LogP contribution in [0, 0.1) is 11.2 Å². The molecule has 2 aromatic rings. The lowest BCUT2D eigenvalue weighted by Gasteiger charge is -2.40. The molecule has 4 rings (SSSR count). The SMILES string of the molecule is O=C(Cc1cccnc1)N1CCC[C@]2(CCN(c3cccc(F)c3)C2)C1. The van der Waals surface area contributed by atoms with Crippen LogP contribution in [0.5, 0.6) is 0 Å². The van der Waals surface area contributed by atoms with Crippen molar-refractivity contribution < 1.29 is 9.18 Å². The number of nitrogens with zero attached hydrogens (tertiary/aromatic N) is 3. The first-order valence-electron chi connectivity index (χ1n) is 9.31. The van der Waals surface area contributed by atoms with Crippen LogP contribution in [0.1, 0.15) is 24.8 Å². The van der Waals surface area contributed by atoms with E-state index in [0.29, 0.717) is 6.42 Å². The van der Waals surface area contributed by atoms with Crippen LogP contribution in [0.4, 0.5) is 10.1 Å². The minimum Gasteiger partial charge on any atom is -0.371 e. The zero-order chi connectivity index (χ0) is 18.0. The minimum absolute atomic E-state index is 0.134. The Bertz CT molecular complexity index is 782. The van der Waals surface area contributed by atoms with Gasteiger partial charge in [0.25, 0.3) is 0 Å². The number of anilines is 1. The summed E-state index contributed by atoms with van der Waals surface area (Å²) in [5.41, 5.74) is 2.04. The molecule has 5 heteroatoms. The molecule has 2 saturated heterocycles. The molecule has 0 saturated carbocycles. The van der Waals surface area contributed by atoms with E-state index < -0.39 is 0 Å². The molecule has 1 amide bonds. The Morgan fingerprint density at radius 2 is 2.08 bits per heavy atom. The molecule has 0 radical (unpaired) electrons. The summed E-state index contributed by atoms with van der Waals surface area (Å²) in [6.45, 7) is 3.46. The highest BCUT2D eigenvalue weighted by molar-refractivity contribution is 5.78. The molecule has 0 bridgehead atoms. The van der Waals surface area contributed by atoms with E-state index in [1.165, 1.54) is 6.07 Å². The maximum absolute atomic E-state index is 13.5. The number of aromatic nitrogens is 1. The van der Waals surface area contributed by atoms with Gasteiger partial charge in [-0.3, -0.25) is 9.78 Å². The van der Waals surface area contributed by atoms with Gasteiger partial charge in [-0.05, 0) is 49.1 Å². The van der Waals surface area contributed by atoms with Gasteiger partial charge in [0, 0.05) is 49.7 Å². The van der Waals surface area contributed by atoms with Crippen LogP contribution in [0.2, 0.25) is 0 Å². The fraction of sp³-hybridized carbons (Fsp3) is 0.429. The number of rotatable bonds is 3. The summed E-state index contributed by atoms with van der Waals surface area (Å²) < 4.78 is 13.5. The average Bonchev–Trinajstić information content (AvgIpc) is 3.06. The van der Waals surface area contributed by atoms with Gasteiger partial charge >= 0.3 is 0 Å². The van der Waals surface area contributed by atoms with Crippen molar-refractivity contribution >= 4 is 11.6 Å². The fourth-order valence-corrected chi connectivity index (χ4v) is 4.37. The van der Waals surface area contributed by atoms with Crippen LogP contribution in [0.15, 0.2) is 48.8 Å². The smallest absolute Gasteiger partial charge is 0.227 e. The lowest BCUT2D eigenvalue weighted by Crippen LogP contribution is -2.47. The van der Waals surface area contributed by atoms with E-state index in [1.54, 1.807) is 24.5 Å². The number of benzene rings is 1. The molecular weight excluding hydrogens is 329 g/mol. The fourth-order valence-electron chi connectivity index (χ4n) is 4.37. The lowest BCUT2D eigenvalue weighted by molar-refractivity contribution is -0.133. The quantitative estimate of drug-likeness (QED) is 0.850. The largest absolute Gasteiger partial charge is 0.371 e. The minimum atomic E-state index is -0.194. The number of carbonyl (C=O) groups is 1. The monoisotopic (exact) mass is 353 g/mol. The molecule has 26 heavy (non-hydrogen) atoms. The summed E-state index contributed by atoms with van der Waals surface area (Å²) in [6.07, 6.45) is 7.13. The Morgan fingerprint density at radius 3 is 2.88 bits per heavy atom. The molecule has 1 aromatic carbocycles. The first-order chi connectivity index (χ1) is 12.6. The van der Waals surface area contributed by atoms with E-state index in [-0.39, 0.29) is 17.1 Å². The number of pyridine rings is 1. The van der Waals surface area contributed by atoms with Crippen LogP contribution in [-0.2, 0) is 11.2 Å². The van der Waals surface area contributed by atoms with E-state index in [4.69, 9.17) is 0 Å². The highest BCUT2D eigenvalue weighted by Crippen LogP contribution is 2.40. The summed E-state index contributed by atoms with van der Waals surface area (Å²) in [6, 6.07) is 10.6. The maximum Gasteiger partial charge on any atom is 0.227 e. The van der Waals surface area contributed by atoms with Gasteiger partial charge in [-0.25, -0.2) is 4.39 Å². The number of hydrogen-bond acceptors (Lipinski definition) is 3. The second-order valence-corrected chi connectivity index (χ2v) is 7.61. The zero-order valence-corrected chi connectivity index (χ0v) is 14.9. The van der Waals surface area contributed by atoms with Crippen LogP contribution >= 0.6 is 0 Å². The second kappa shape index (κ2) is 7.06. The van der Waals surface area contributed by atoms with Crippen molar-refractivity contribution in [3.05, 3.63) is 60.2 Å². The molecule has 4 nitrogen and oxygen atoms in total. The molecular formula is C21H24FN3O. The molecule has 1 spiro atoms. The van der Waals surface area contributed by atoms with E-state index >= 15 is 0 Å². The molecule has 0 N–H and O–H groups in total. The Labute approximate surface area is 153 Å². The first kappa shape index (κ1) is 17.0. The number of hydrogen-bond donors (Lipinski definition) is 0. The highest BCUT2D eigenvalue weighted by Gasteiger charge is 2.42. The number of piperidine rings is 1. The van der Waals surface area contributed by atoms with E-state index in [2.05, 4.69) is 9.88 Å². The van der Waals surface area contributed by atoms with Crippen LogP contribution < -0.4 is 4.90 Å². The van der Waals surface area contributed by atoms with Gasteiger partial charge in [0.2, 0.25) is 5.91 Å². The molecule has 0 aliphatic carbocycles. The van der Waals surface area contributed by atoms with Gasteiger partial charge in [0.1, 0.15) is 5.82 Å². The third-order valence-corrected chi connectivity index (χ3v) is 5.70. The molecule has 3 heterocycles. The van der Waals surface area contributed by atoms with Gasteiger partial charge < -0.3 is 9.80 Å². The van der Waals surface area contributed by atoms with Crippen molar-refractivity contribution in [1.29, 1.82) is 0 Å². The summed E-state index contributed by atoms with van der Waals surface area (Å²) in [7, 11) is 0. The maximum atomic E-state index is 13.5. The summed E-state index contributed by atoms with van der Waals surface area (Å²) in [5, 5.41) is 0. The molecule has 2 aliphatic rings. The standard InChI is InChI=1S/C21H24FN3O/c22-18-5-1-6-19(13-18)24-11-8-21(15-24)7-3-10-25(16-21)20(26)12-17-4-2-9-23-14-17/h1-2,4-6,9,13-14H,3,7-8,10-12,15-16H2/t21-/m1/s1. The van der Waals surface area contributed by atoms with Crippen molar-refractivity contribution in [3.63, 3.8) is 0 Å². The predicted octanol–water partition coefficient (Wildman–Crippen LogP) is 3.28. The summed E-state index contributed by atoms with van der Waals surface area (Å²) in [5.74, 6) is -0.0124. The Morgan fingerprint density at radius 1 is 1.15 bits per heavy atom. The molecule has 136 valence electrons. The van der Waals surface area contributed by atoms with Crippen LogP contribution in [-0.4, -0.2) is 42.0 Å². The van der Waals surface area contributed by atoms with Gasteiger partial charge in [-0.15, -0.1) is 0 Å². The summed E-state index contributed by atoms with van der Waals surface area (Å²) >= 11 is 0. The van der Waals surface area contributed by atoms with Gasteiger partial charge in [0.15, 0.2) is 0 Å². The average molecular weight is 353 g/mol. The van der Waals surface area contributed by atoms with Crippen molar-refractivity contribution in [1.82, 2.24) is 9.88 Å². The van der Waals surface area contributed by atoms with Crippen molar-refractivity contribution in [3.8, 4) is 0 Å². The van der Waals surface area contributed by atoms with E-state index in [0.717, 1.165) is 56.7 Å². The predicted molar refractivity (Wildman–Crippen MR) is 99.4 cm³/mol.